The van der Waals surface area contributed by atoms with Crippen molar-refractivity contribution in [3.8, 4) is 45.3 Å². The van der Waals surface area contributed by atoms with Gasteiger partial charge in [-0.25, -0.2) is 0 Å². The van der Waals surface area contributed by atoms with Crippen LogP contribution in [0.25, 0.3) is 96.9 Å². The Morgan fingerprint density at radius 1 is 0.327 bits per heavy atom. The predicted molar refractivity (Wildman–Crippen MR) is 206 cm³/mol. The zero-order chi connectivity index (χ0) is 32.3. The van der Waals surface area contributed by atoms with Crippen LogP contribution in [0.1, 0.15) is 0 Å². The summed E-state index contributed by atoms with van der Waals surface area (Å²) in [4.78, 5) is 15.5. The van der Waals surface area contributed by atoms with Crippen molar-refractivity contribution in [2.75, 3.05) is 0 Å². The summed E-state index contributed by atoms with van der Waals surface area (Å²) in [6, 6.07) is 58.3. The number of nitrogens with zero attached hydrogens (tertiary/aromatic N) is 3. The molecule has 0 bridgehead atoms. The third-order valence-corrected chi connectivity index (χ3v) is 12.2. The van der Waals surface area contributed by atoms with E-state index in [0.717, 1.165) is 22.1 Å². The maximum atomic E-state index is 5.23. The average molecular weight is 689 g/mol. The van der Waals surface area contributed by atoms with Gasteiger partial charge in [0.2, 0.25) is 0 Å². The normalized spacial score (nSPS) is 11.7. The Labute approximate surface area is 288 Å². The number of benzene rings is 8. The van der Waals surface area contributed by atoms with Gasteiger partial charge in [-0.1, -0.05) is 6.07 Å². The van der Waals surface area contributed by atoms with Crippen molar-refractivity contribution in [1.82, 2.24) is 15.0 Å². The first-order chi connectivity index (χ1) is 24.3. The van der Waals surface area contributed by atoms with Gasteiger partial charge in [-0.2, -0.15) is 0 Å². The summed E-state index contributed by atoms with van der Waals surface area (Å²) in [5.74, 6) is 2.02. The van der Waals surface area contributed by atoms with Gasteiger partial charge in [0.05, 0.1) is 0 Å². The van der Waals surface area contributed by atoms with Gasteiger partial charge >= 0.3 is 284 Å². The molecular weight excluding hydrogens is 661 g/mol. The first-order valence-electron chi connectivity index (χ1n) is 16.4. The molecule has 0 aliphatic carbocycles. The molecule has 2 heterocycles. The molecule has 0 fully saturated rings. The first kappa shape index (κ1) is 28.1. The van der Waals surface area contributed by atoms with E-state index in [4.69, 9.17) is 15.0 Å². The number of fused-ring (bicyclic) bond motifs is 8. The summed E-state index contributed by atoms with van der Waals surface area (Å²) < 4.78 is 2.87. The van der Waals surface area contributed by atoms with Gasteiger partial charge in [-0.3, -0.25) is 0 Å². The van der Waals surface area contributed by atoms with E-state index in [1.165, 1.54) is 57.4 Å². The molecule has 10 rings (SSSR count). The third kappa shape index (κ3) is 4.69. The summed E-state index contributed by atoms with van der Waals surface area (Å²) in [5, 5.41) is 9.95. The van der Waals surface area contributed by atoms with E-state index in [1.54, 1.807) is 0 Å². The molecule has 3 nitrogen and oxygen atoms in total. The molecule has 0 atom stereocenters. The minimum absolute atomic E-state index is 0.114. The summed E-state index contributed by atoms with van der Waals surface area (Å²) in [6.45, 7) is 0. The molecule has 0 aliphatic rings. The standard InChI is InChI=1S/C45H27N3Se/c1-3-13-29(14-4-1)35-20-11-21-37-38-25-24-36-39(27-32-18-9-10-19-34(32)40(36)42(38)49-41(35)37)45-47-43(30-15-5-2-6-16-30)46-44(48-45)33-23-22-28-12-7-8-17-31(28)26-33/h1-27H. The molecule has 0 unspecified atom stereocenters. The Morgan fingerprint density at radius 3 is 1.76 bits per heavy atom. The molecule has 2 aromatic heterocycles. The zero-order valence-electron chi connectivity index (χ0n) is 26.3. The number of hydrogen-bond donors (Lipinski definition) is 0. The van der Waals surface area contributed by atoms with Crippen LogP contribution in [-0.4, -0.2) is 29.5 Å². The van der Waals surface area contributed by atoms with E-state index < -0.39 is 0 Å². The van der Waals surface area contributed by atoms with E-state index in [9.17, 15) is 0 Å². The Balaban J connectivity index is 1.28. The fourth-order valence-corrected chi connectivity index (χ4v) is 10.1. The quantitative estimate of drug-likeness (QED) is 0.136. The van der Waals surface area contributed by atoms with Gasteiger partial charge in [0, 0.05) is 0 Å². The predicted octanol–water partition coefficient (Wildman–Crippen LogP) is 11.4. The Morgan fingerprint density at radius 2 is 0.939 bits per heavy atom. The van der Waals surface area contributed by atoms with Crippen molar-refractivity contribution in [3.63, 3.8) is 0 Å². The first-order valence-corrected chi connectivity index (χ1v) is 18.2. The Hall–Kier alpha value is -5.93. The SMILES string of the molecule is c1ccc(-c2nc(-c3ccc4ccccc4c3)nc(-c3cc4ccccc4c4c3ccc3c5cccc(-c6ccccc6)c5[se]c34)n2)cc1. The summed E-state index contributed by atoms with van der Waals surface area (Å²) in [6.07, 6.45) is 0. The van der Waals surface area contributed by atoms with Crippen molar-refractivity contribution in [2.45, 2.75) is 0 Å². The molecule has 0 saturated heterocycles. The molecule has 0 radical (unpaired) electrons. The third-order valence-electron chi connectivity index (χ3n) is 9.49. The van der Waals surface area contributed by atoms with Crippen molar-refractivity contribution < 1.29 is 0 Å². The van der Waals surface area contributed by atoms with Gasteiger partial charge in [0.25, 0.3) is 0 Å². The van der Waals surface area contributed by atoms with Crippen molar-refractivity contribution in [2.24, 2.45) is 0 Å². The number of aromatic nitrogens is 3. The van der Waals surface area contributed by atoms with E-state index in [-0.39, 0.29) is 14.5 Å². The second kappa shape index (κ2) is 11.3. The van der Waals surface area contributed by atoms with Gasteiger partial charge in [0.15, 0.2) is 0 Å². The Kier molecular flexibility index (Phi) is 6.51. The van der Waals surface area contributed by atoms with Crippen LogP contribution in [0.2, 0.25) is 0 Å². The fourth-order valence-electron chi connectivity index (χ4n) is 7.14. The van der Waals surface area contributed by atoms with Gasteiger partial charge in [-0.05, 0) is 0 Å². The van der Waals surface area contributed by atoms with Crippen molar-refractivity contribution in [3.05, 3.63) is 164 Å². The topological polar surface area (TPSA) is 38.7 Å². The van der Waals surface area contributed by atoms with Crippen molar-refractivity contribution in [1.29, 1.82) is 0 Å². The van der Waals surface area contributed by atoms with Crippen LogP contribution in [0.5, 0.6) is 0 Å². The second-order valence-corrected chi connectivity index (χ2v) is 14.5. The van der Waals surface area contributed by atoms with Crippen LogP contribution in [-0.2, 0) is 0 Å². The second-order valence-electron chi connectivity index (χ2n) is 12.4. The molecular formula is C45H27N3Se. The maximum absolute atomic E-state index is 5.23. The van der Waals surface area contributed by atoms with Crippen LogP contribution >= 0.6 is 0 Å². The summed E-state index contributed by atoms with van der Waals surface area (Å²) in [7, 11) is 0. The summed E-state index contributed by atoms with van der Waals surface area (Å²) in [5.41, 5.74) is 5.55. The zero-order valence-corrected chi connectivity index (χ0v) is 28.1. The molecule has 4 heteroatoms. The molecule has 228 valence electrons. The van der Waals surface area contributed by atoms with E-state index in [1.807, 2.05) is 18.2 Å². The van der Waals surface area contributed by atoms with Crippen LogP contribution < -0.4 is 0 Å². The van der Waals surface area contributed by atoms with Gasteiger partial charge < -0.3 is 0 Å². The molecule has 49 heavy (non-hydrogen) atoms. The van der Waals surface area contributed by atoms with Crippen molar-refractivity contribution >= 4 is 66.1 Å². The number of hydrogen-bond acceptors (Lipinski definition) is 3. The van der Waals surface area contributed by atoms with Crippen LogP contribution in [0.15, 0.2) is 164 Å². The molecule has 0 saturated carbocycles. The molecule has 0 N–H and O–H groups in total. The van der Waals surface area contributed by atoms with Crippen LogP contribution in [0.3, 0.4) is 0 Å². The molecule has 0 amide bonds. The molecule has 0 aliphatic heterocycles. The van der Waals surface area contributed by atoms with Gasteiger partial charge in [0.1, 0.15) is 0 Å². The Bertz CT molecular complexity index is 2880. The summed E-state index contributed by atoms with van der Waals surface area (Å²) >= 11 is 0.114. The minimum atomic E-state index is 0.114. The fraction of sp³-hybridized carbons (Fsp3) is 0. The van der Waals surface area contributed by atoms with Crippen LogP contribution in [0.4, 0.5) is 0 Å². The average Bonchev–Trinajstić information content (AvgIpc) is 3.57. The van der Waals surface area contributed by atoms with Gasteiger partial charge in [-0.15, -0.1) is 0 Å². The van der Waals surface area contributed by atoms with E-state index in [0.29, 0.717) is 17.5 Å². The van der Waals surface area contributed by atoms with E-state index in [2.05, 4.69) is 146 Å². The number of rotatable bonds is 4. The van der Waals surface area contributed by atoms with Crippen LogP contribution in [0, 0.1) is 0 Å². The molecule has 0 spiro atoms. The molecule has 10 aromatic rings. The van der Waals surface area contributed by atoms with E-state index >= 15 is 0 Å². The monoisotopic (exact) mass is 689 g/mol. The molecule has 8 aromatic carbocycles.